The van der Waals surface area contributed by atoms with Gasteiger partial charge >= 0.3 is 6.03 Å². The van der Waals surface area contributed by atoms with Gasteiger partial charge in [-0.3, -0.25) is 9.59 Å². The van der Waals surface area contributed by atoms with E-state index in [1.807, 2.05) is 4.90 Å². The second-order valence-corrected chi connectivity index (χ2v) is 9.06. The monoisotopic (exact) mass is 424 g/mol. The molecule has 30 heavy (non-hydrogen) atoms. The number of nitrogens with zero attached hydrogens (tertiary/aromatic N) is 2. The Kier molecular flexibility index (Phi) is 10.4. The molecule has 0 spiro atoms. The lowest BCUT2D eigenvalue weighted by molar-refractivity contribution is -0.127. The fraction of sp³-hybridized carbons (Fsp3) is 0.864. The van der Waals surface area contributed by atoms with Crippen molar-refractivity contribution in [1.82, 2.24) is 20.4 Å². The average Bonchev–Trinajstić information content (AvgIpc) is 2.75. The first kappa shape index (κ1) is 24.4. The van der Waals surface area contributed by atoms with Crippen molar-refractivity contribution >= 4 is 18.4 Å². The first-order valence-electron chi connectivity index (χ1n) is 11.6. The van der Waals surface area contributed by atoms with Gasteiger partial charge in [-0.2, -0.15) is 0 Å². The van der Waals surface area contributed by atoms with Gasteiger partial charge in [0.2, 0.25) is 5.91 Å². The molecule has 3 N–H and O–H groups in total. The van der Waals surface area contributed by atoms with Crippen molar-refractivity contribution in [2.24, 2.45) is 5.92 Å². The lowest BCUT2D eigenvalue weighted by Gasteiger charge is -2.36. The van der Waals surface area contributed by atoms with Gasteiger partial charge in [0.05, 0.1) is 0 Å². The van der Waals surface area contributed by atoms with Crippen LogP contribution in [-0.2, 0) is 9.59 Å². The summed E-state index contributed by atoms with van der Waals surface area (Å²) in [6.45, 7) is 7.73. The fourth-order valence-electron chi connectivity index (χ4n) is 4.74. The molecule has 0 aromatic carbocycles. The second-order valence-electron chi connectivity index (χ2n) is 9.06. The van der Waals surface area contributed by atoms with Gasteiger partial charge < -0.3 is 25.5 Å². The van der Waals surface area contributed by atoms with Gasteiger partial charge in [0.1, 0.15) is 0 Å². The van der Waals surface area contributed by atoms with E-state index in [1.165, 1.54) is 19.3 Å². The maximum absolute atomic E-state index is 12.6. The third kappa shape index (κ3) is 7.78. The number of rotatable bonds is 4. The Labute approximate surface area is 180 Å². The van der Waals surface area contributed by atoms with Crippen LogP contribution in [0.2, 0.25) is 0 Å². The van der Waals surface area contributed by atoms with Gasteiger partial charge in [0.15, 0.2) is 0 Å². The molecule has 8 nitrogen and oxygen atoms in total. The molecular formula is C22H40N4O4. The third-order valence-corrected chi connectivity index (χ3v) is 6.69. The lowest BCUT2D eigenvalue weighted by Crippen LogP contribution is -2.52. The Bertz CT molecular complexity index is 535. The van der Waals surface area contributed by atoms with E-state index in [4.69, 9.17) is 9.90 Å². The highest BCUT2D eigenvalue weighted by atomic mass is 16.3. The van der Waals surface area contributed by atoms with Crippen LogP contribution in [0.15, 0.2) is 0 Å². The van der Waals surface area contributed by atoms with Crippen molar-refractivity contribution in [1.29, 1.82) is 0 Å². The van der Waals surface area contributed by atoms with E-state index in [0.717, 1.165) is 64.7 Å². The summed E-state index contributed by atoms with van der Waals surface area (Å²) in [7, 11) is 0. The topological polar surface area (TPSA) is 102 Å². The number of carbonyl (C=O) groups is 3. The number of likely N-dealkylation sites (tertiary alicyclic amines) is 2. The first-order chi connectivity index (χ1) is 14.4. The Morgan fingerprint density at radius 1 is 0.867 bits per heavy atom. The fourth-order valence-corrected chi connectivity index (χ4v) is 4.74. The van der Waals surface area contributed by atoms with Crippen molar-refractivity contribution in [3.63, 3.8) is 0 Å². The van der Waals surface area contributed by atoms with Gasteiger partial charge in [0, 0.05) is 37.1 Å². The summed E-state index contributed by atoms with van der Waals surface area (Å²) in [4.78, 5) is 37.8. The number of nitrogens with one attached hydrogen (secondary N) is 2. The molecule has 3 amide bonds. The summed E-state index contributed by atoms with van der Waals surface area (Å²) in [6.07, 6.45) is 9.67. The smallest absolute Gasteiger partial charge is 0.317 e. The van der Waals surface area contributed by atoms with Gasteiger partial charge in [-0.15, -0.1) is 0 Å². The van der Waals surface area contributed by atoms with Crippen LogP contribution in [0.3, 0.4) is 0 Å². The number of hydrogen-bond acceptors (Lipinski definition) is 4. The summed E-state index contributed by atoms with van der Waals surface area (Å²) in [5.74, 6) is 0.385. The van der Waals surface area contributed by atoms with E-state index >= 15 is 0 Å². The molecule has 172 valence electrons. The molecule has 0 radical (unpaired) electrons. The van der Waals surface area contributed by atoms with Crippen molar-refractivity contribution < 1.29 is 19.5 Å². The van der Waals surface area contributed by atoms with E-state index in [-0.39, 0.29) is 30.4 Å². The largest absolute Gasteiger partial charge is 0.483 e. The molecule has 2 aliphatic heterocycles. The van der Waals surface area contributed by atoms with Crippen molar-refractivity contribution in [3.05, 3.63) is 0 Å². The zero-order valence-electron chi connectivity index (χ0n) is 18.6. The van der Waals surface area contributed by atoms with Crippen LogP contribution in [0.5, 0.6) is 0 Å². The molecule has 2 saturated heterocycles. The molecule has 1 aliphatic carbocycles. The molecule has 0 aromatic rings. The quantitative estimate of drug-likeness (QED) is 0.602. The summed E-state index contributed by atoms with van der Waals surface area (Å²) >= 11 is 0. The first-order valence-corrected chi connectivity index (χ1v) is 11.6. The Hall–Kier alpha value is -1.83. The minimum Gasteiger partial charge on any atom is -0.483 e. The van der Waals surface area contributed by atoms with Crippen LogP contribution in [0.4, 0.5) is 4.79 Å². The van der Waals surface area contributed by atoms with Crippen LogP contribution in [0.1, 0.15) is 71.6 Å². The molecule has 0 unspecified atom stereocenters. The lowest BCUT2D eigenvalue weighted by atomic mass is 9.94. The van der Waals surface area contributed by atoms with Crippen molar-refractivity contribution in [2.75, 3.05) is 26.2 Å². The van der Waals surface area contributed by atoms with Crippen LogP contribution in [0, 0.1) is 5.92 Å². The van der Waals surface area contributed by atoms with Crippen LogP contribution in [-0.4, -0.2) is 77.6 Å². The predicted octanol–water partition coefficient (Wildman–Crippen LogP) is 2.43. The molecule has 8 heteroatoms. The summed E-state index contributed by atoms with van der Waals surface area (Å²) in [5, 5.41) is 13.4. The second kappa shape index (κ2) is 12.8. The Balaban J connectivity index is 0.00000101. The molecular weight excluding hydrogens is 384 g/mol. The molecule has 3 fully saturated rings. The van der Waals surface area contributed by atoms with E-state index in [1.54, 1.807) is 0 Å². The number of hydrogen-bond donors (Lipinski definition) is 3. The number of amides is 3. The van der Waals surface area contributed by atoms with Crippen LogP contribution < -0.4 is 10.6 Å². The average molecular weight is 425 g/mol. The zero-order chi connectivity index (χ0) is 21.9. The van der Waals surface area contributed by atoms with E-state index < -0.39 is 0 Å². The standard InChI is InChI=1S/C21H38N4O2.CH2O2/c1-16(2)24-12-8-17(9-13-24)20(26)22-19-10-14-25(15-11-19)21(27)23-18-6-4-3-5-7-18;2-1-3/h16-19H,3-15H2,1-2H3,(H,22,26)(H,23,27);1H,(H,2,3). The van der Waals surface area contributed by atoms with Gasteiger partial charge in [-0.25, -0.2) is 4.79 Å². The Morgan fingerprint density at radius 2 is 1.40 bits per heavy atom. The highest BCUT2D eigenvalue weighted by molar-refractivity contribution is 5.79. The third-order valence-electron chi connectivity index (χ3n) is 6.69. The highest BCUT2D eigenvalue weighted by Crippen LogP contribution is 2.21. The number of carboxylic acid groups (broad SMARTS) is 1. The molecule has 0 bridgehead atoms. The van der Waals surface area contributed by atoms with Crippen LogP contribution >= 0.6 is 0 Å². The SMILES string of the molecule is CC(C)N1CCC(C(=O)NC2CCN(C(=O)NC3CCCCC3)CC2)CC1.O=CO. The minimum absolute atomic E-state index is 0.0905. The molecule has 2 heterocycles. The number of piperidine rings is 2. The van der Waals surface area contributed by atoms with Gasteiger partial charge in [-0.1, -0.05) is 19.3 Å². The Morgan fingerprint density at radius 3 is 1.93 bits per heavy atom. The summed E-state index contributed by atoms with van der Waals surface area (Å²) < 4.78 is 0. The highest BCUT2D eigenvalue weighted by Gasteiger charge is 2.30. The van der Waals surface area contributed by atoms with E-state index in [2.05, 4.69) is 29.4 Å². The minimum atomic E-state index is -0.250. The van der Waals surface area contributed by atoms with Crippen LogP contribution in [0.25, 0.3) is 0 Å². The van der Waals surface area contributed by atoms with E-state index in [0.29, 0.717) is 12.1 Å². The number of carbonyl (C=O) groups excluding carboxylic acids is 2. The maximum Gasteiger partial charge on any atom is 0.317 e. The molecule has 3 aliphatic rings. The number of urea groups is 1. The molecule has 1 saturated carbocycles. The van der Waals surface area contributed by atoms with Gasteiger partial charge in [0.25, 0.3) is 6.47 Å². The zero-order valence-corrected chi connectivity index (χ0v) is 18.6. The van der Waals surface area contributed by atoms with Gasteiger partial charge in [-0.05, 0) is 65.5 Å². The summed E-state index contributed by atoms with van der Waals surface area (Å²) in [5.41, 5.74) is 0. The summed E-state index contributed by atoms with van der Waals surface area (Å²) in [6, 6.07) is 1.24. The molecule has 3 rings (SSSR count). The predicted molar refractivity (Wildman–Crippen MR) is 116 cm³/mol. The van der Waals surface area contributed by atoms with Crippen molar-refractivity contribution in [3.8, 4) is 0 Å². The normalized spacial score (nSPS) is 22.2. The maximum atomic E-state index is 12.6. The molecule has 0 atom stereocenters. The van der Waals surface area contributed by atoms with E-state index in [9.17, 15) is 9.59 Å². The molecule has 0 aromatic heterocycles. The van der Waals surface area contributed by atoms with Crippen molar-refractivity contribution in [2.45, 2.75) is 89.8 Å².